The number of halogens is 1. The zero-order chi connectivity index (χ0) is 13.1. The Labute approximate surface area is 112 Å². The van der Waals surface area contributed by atoms with E-state index < -0.39 is 4.92 Å². The van der Waals surface area contributed by atoms with E-state index in [-0.39, 0.29) is 5.69 Å². The number of aromatic nitrogens is 1. The van der Waals surface area contributed by atoms with Crippen molar-refractivity contribution in [3.05, 3.63) is 51.1 Å². The molecule has 0 saturated heterocycles. The molecule has 92 valence electrons. The van der Waals surface area contributed by atoms with Crippen LogP contribution >= 0.6 is 15.9 Å². The largest absolute Gasteiger partial charge is 0.497 e. The van der Waals surface area contributed by atoms with Crippen LogP contribution in [-0.4, -0.2) is 17.0 Å². The van der Waals surface area contributed by atoms with Gasteiger partial charge in [0.1, 0.15) is 11.4 Å². The van der Waals surface area contributed by atoms with Crippen molar-refractivity contribution in [3.63, 3.8) is 0 Å². The third-order valence-electron chi connectivity index (χ3n) is 2.39. The summed E-state index contributed by atoms with van der Waals surface area (Å²) in [6, 6.07) is 8.39. The van der Waals surface area contributed by atoms with Gasteiger partial charge in [-0.2, -0.15) is 0 Å². The molecule has 0 fully saturated rings. The molecule has 0 saturated carbocycles. The fourth-order valence-corrected chi connectivity index (χ4v) is 1.86. The van der Waals surface area contributed by atoms with Crippen molar-refractivity contribution in [2.45, 2.75) is 0 Å². The van der Waals surface area contributed by atoms with Crippen molar-refractivity contribution in [2.75, 3.05) is 7.11 Å². The van der Waals surface area contributed by atoms with Gasteiger partial charge in [0.15, 0.2) is 0 Å². The van der Waals surface area contributed by atoms with E-state index in [0.29, 0.717) is 21.5 Å². The van der Waals surface area contributed by atoms with Crippen molar-refractivity contribution >= 4 is 21.6 Å². The first kappa shape index (κ1) is 12.5. The lowest BCUT2D eigenvalue weighted by atomic mass is 10.1. The Hall–Kier alpha value is -1.95. The summed E-state index contributed by atoms with van der Waals surface area (Å²) in [6.45, 7) is 0. The van der Waals surface area contributed by atoms with Crippen LogP contribution in [0.1, 0.15) is 0 Å². The Morgan fingerprint density at radius 1 is 1.33 bits per heavy atom. The maximum atomic E-state index is 11.0. The molecule has 2 rings (SSSR count). The molecule has 6 heteroatoms. The first-order chi connectivity index (χ1) is 8.61. The van der Waals surface area contributed by atoms with E-state index in [1.165, 1.54) is 12.3 Å². The van der Waals surface area contributed by atoms with E-state index in [1.807, 2.05) is 0 Å². The van der Waals surface area contributed by atoms with Gasteiger partial charge in [0.05, 0.1) is 12.0 Å². The van der Waals surface area contributed by atoms with E-state index in [2.05, 4.69) is 20.9 Å². The molecule has 2 aromatic rings. The van der Waals surface area contributed by atoms with Crippen molar-refractivity contribution in [1.29, 1.82) is 0 Å². The second kappa shape index (κ2) is 5.14. The Balaban J connectivity index is 2.52. The molecular weight excluding hydrogens is 300 g/mol. The molecule has 5 nitrogen and oxygen atoms in total. The normalized spacial score (nSPS) is 10.1. The van der Waals surface area contributed by atoms with E-state index in [4.69, 9.17) is 4.74 Å². The summed E-state index contributed by atoms with van der Waals surface area (Å²) in [5.41, 5.74) is 0.982. The van der Waals surface area contributed by atoms with Gasteiger partial charge in [0.2, 0.25) is 0 Å². The minimum atomic E-state index is -0.447. The number of hydrogen-bond donors (Lipinski definition) is 0. The third kappa shape index (κ3) is 2.48. The fraction of sp³-hybridized carbons (Fsp3) is 0.0833. The molecule has 0 aliphatic heterocycles. The number of pyridine rings is 1. The number of benzene rings is 1. The number of nitro groups is 1. The highest BCUT2D eigenvalue weighted by molar-refractivity contribution is 9.10. The van der Waals surface area contributed by atoms with Crippen molar-refractivity contribution in [3.8, 4) is 17.0 Å². The molecule has 1 heterocycles. The van der Waals surface area contributed by atoms with Gasteiger partial charge in [-0.05, 0) is 40.2 Å². The van der Waals surface area contributed by atoms with Crippen molar-refractivity contribution < 1.29 is 9.66 Å². The first-order valence-electron chi connectivity index (χ1n) is 5.06. The van der Waals surface area contributed by atoms with E-state index in [9.17, 15) is 10.1 Å². The number of ether oxygens (including phenoxy) is 1. The van der Waals surface area contributed by atoms with E-state index in [1.54, 1.807) is 31.4 Å². The highest BCUT2D eigenvalue weighted by Crippen LogP contribution is 2.30. The Bertz CT molecular complexity index is 584. The summed E-state index contributed by atoms with van der Waals surface area (Å²) in [5.74, 6) is 0.693. The average molecular weight is 309 g/mol. The number of hydrogen-bond acceptors (Lipinski definition) is 4. The predicted octanol–water partition coefficient (Wildman–Crippen LogP) is 3.43. The molecule has 1 aromatic carbocycles. The molecule has 18 heavy (non-hydrogen) atoms. The zero-order valence-corrected chi connectivity index (χ0v) is 11.0. The number of rotatable bonds is 3. The molecule has 0 atom stereocenters. The highest BCUT2D eigenvalue weighted by atomic mass is 79.9. The summed E-state index contributed by atoms with van der Waals surface area (Å²) in [5, 5.41) is 11.0. The van der Waals surface area contributed by atoms with Crippen LogP contribution in [0.2, 0.25) is 0 Å². The Kier molecular flexibility index (Phi) is 3.57. The molecule has 0 amide bonds. The smallest absolute Gasteiger partial charge is 0.296 e. The maximum absolute atomic E-state index is 11.0. The molecule has 0 unspecified atom stereocenters. The van der Waals surface area contributed by atoms with Crippen LogP contribution in [0.4, 0.5) is 5.69 Å². The molecule has 0 N–H and O–H groups in total. The Morgan fingerprint density at radius 2 is 2.00 bits per heavy atom. The van der Waals surface area contributed by atoms with Crippen LogP contribution in [-0.2, 0) is 0 Å². The van der Waals surface area contributed by atoms with Crippen LogP contribution in [0.5, 0.6) is 5.75 Å². The summed E-state index contributed by atoms with van der Waals surface area (Å²) in [6.07, 6.45) is 1.53. The minimum absolute atomic E-state index is 0.0328. The Morgan fingerprint density at radius 3 is 2.56 bits per heavy atom. The summed E-state index contributed by atoms with van der Waals surface area (Å²) in [4.78, 5) is 14.6. The summed E-state index contributed by atoms with van der Waals surface area (Å²) < 4.78 is 5.62. The average Bonchev–Trinajstić information content (AvgIpc) is 2.39. The van der Waals surface area contributed by atoms with Gasteiger partial charge in [0.25, 0.3) is 5.69 Å². The first-order valence-corrected chi connectivity index (χ1v) is 5.85. The summed E-state index contributed by atoms with van der Waals surface area (Å²) in [7, 11) is 1.56. The van der Waals surface area contributed by atoms with Gasteiger partial charge in [-0.1, -0.05) is 0 Å². The van der Waals surface area contributed by atoms with Gasteiger partial charge in [-0.15, -0.1) is 0 Å². The number of nitrogens with zero attached hydrogens (tertiary/aromatic N) is 2. The second-order valence-corrected chi connectivity index (χ2v) is 4.42. The monoisotopic (exact) mass is 308 g/mol. The molecule has 0 bridgehead atoms. The lowest BCUT2D eigenvalue weighted by Gasteiger charge is -2.04. The maximum Gasteiger partial charge on any atom is 0.296 e. The fourth-order valence-electron chi connectivity index (χ4n) is 1.54. The second-order valence-electron chi connectivity index (χ2n) is 3.51. The quantitative estimate of drug-likeness (QED) is 0.643. The van der Waals surface area contributed by atoms with Crippen LogP contribution in [0, 0.1) is 10.1 Å². The van der Waals surface area contributed by atoms with Gasteiger partial charge in [-0.3, -0.25) is 10.1 Å². The minimum Gasteiger partial charge on any atom is -0.497 e. The lowest BCUT2D eigenvalue weighted by Crippen LogP contribution is -1.95. The predicted molar refractivity (Wildman–Crippen MR) is 70.6 cm³/mol. The molecule has 0 aliphatic rings. The van der Waals surface area contributed by atoms with Crippen LogP contribution < -0.4 is 4.74 Å². The van der Waals surface area contributed by atoms with Gasteiger partial charge >= 0.3 is 0 Å². The molecule has 0 aliphatic carbocycles. The molecular formula is C12H9BrN2O3. The topological polar surface area (TPSA) is 65.3 Å². The molecule has 0 radical (unpaired) electrons. The molecule has 1 aromatic heterocycles. The SMILES string of the molecule is COc1ccc(-c2ncc(Br)cc2[N+](=O)[O-])cc1. The lowest BCUT2D eigenvalue weighted by molar-refractivity contribution is -0.384. The molecule has 0 spiro atoms. The van der Waals surface area contributed by atoms with Crippen LogP contribution in [0.15, 0.2) is 41.0 Å². The van der Waals surface area contributed by atoms with Gasteiger partial charge in [0, 0.05) is 22.3 Å². The third-order valence-corrected chi connectivity index (χ3v) is 2.83. The van der Waals surface area contributed by atoms with Gasteiger partial charge < -0.3 is 4.74 Å². The van der Waals surface area contributed by atoms with Crippen molar-refractivity contribution in [2.24, 2.45) is 0 Å². The highest BCUT2D eigenvalue weighted by Gasteiger charge is 2.17. The zero-order valence-electron chi connectivity index (χ0n) is 9.46. The standard InChI is InChI=1S/C12H9BrN2O3/c1-18-10-4-2-8(3-5-10)12-11(15(16)17)6-9(13)7-14-12/h2-7H,1H3. The van der Waals surface area contributed by atoms with E-state index in [0.717, 1.165) is 0 Å². The number of methoxy groups -OCH3 is 1. The van der Waals surface area contributed by atoms with E-state index >= 15 is 0 Å². The van der Waals surface area contributed by atoms with Gasteiger partial charge in [-0.25, -0.2) is 4.98 Å². The van der Waals surface area contributed by atoms with Crippen LogP contribution in [0.3, 0.4) is 0 Å². The van der Waals surface area contributed by atoms with Crippen LogP contribution in [0.25, 0.3) is 11.3 Å². The van der Waals surface area contributed by atoms with Crippen molar-refractivity contribution in [1.82, 2.24) is 4.98 Å². The summed E-state index contributed by atoms with van der Waals surface area (Å²) >= 11 is 3.17.